The number of rotatable bonds is 8. The van der Waals surface area contributed by atoms with Crippen LogP contribution in [0.2, 0.25) is 0 Å². The molecule has 0 radical (unpaired) electrons. The Kier molecular flexibility index (Phi) is 12.4. The van der Waals surface area contributed by atoms with Crippen LogP contribution in [0.4, 0.5) is 0 Å². The number of likely N-dealkylation sites (tertiary alicyclic amines) is 1. The molecule has 6 nitrogen and oxygen atoms in total. The highest BCUT2D eigenvalue weighted by atomic mass is 127. The van der Waals surface area contributed by atoms with Gasteiger partial charge in [-0.05, 0) is 25.2 Å². The van der Waals surface area contributed by atoms with Crippen LogP contribution in [0, 0.1) is 17.8 Å². The molecule has 0 bridgehead atoms. The van der Waals surface area contributed by atoms with Gasteiger partial charge < -0.3 is 19.7 Å². The predicted octanol–water partition coefficient (Wildman–Crippen LogP) is 2.37. The summed E-state index contributed by atoms with van der Waals surface area (Å²) >= 11 is 0. The van der Waals surface area contributed by atoms with E-state index in [2.05, 4.69) is 36.0 Å². The molecule has 0 aromatic rings. The van der Waals surface area contributed by atoms with Crippen LogP contribution in [0.5, 0.6) is 0 Å². The van der Waals surface area contributed by atoms with Gasteiger partial charge in [0.05, 0.1) is 26.2 Å². The molecule has 1 heterocycles. The van der Waals surface area contributed by atoms with E-state index in [-0.39, 0.29) is 41.8 Å². The Balaban J connectivity index is 0.00000529. The maximum atomic E-state index is 11.8. The summed E-state index contributed by atoms with van der Waals surface area (Å²) in [6.07, 6.45) is 1.08. The van der Waals surface area contributed by atoms with E-state index >= 15 is 0 Å². The van der Waals surface area contributed by atoms with E-state index in [0.29, 0.717) is 25.6 Å². The third-order valence-corrected chi connectivity index (χ3v) is 4.09. The van der Waals surface area contributed by atoms with Crippen LogP contribution in [0.25, 0.3) is 0 Å². The Hall–Kier alpha value is -0.570. The number of nitrogens with one attached hydrogen (secondary N) is 1. The summed E-state index contributed by atoms with van der Waals surface area (Å²) in [4.78, 5) is 18.6. The lowest BCUT2D eigenvalue weighted by atomic mass is 9.99. The monoisotopic (exact) mass is 455 g/mol. The molecule has 1 aliphatic rings. The molecule has 0 amide bonds. The maximum Gasteiger partial charge on any atom is 0.310 e. The second-order valence-electron chi connectivity index (χ2n) is 6.54. The standard InChI is InChI=1S/C17H33N3O3.HI/c1-6-18-17(19-8-10-23-9-7-13(2)3)20-11-14(4)15(12-20)16(21)22-5;/h13-15H,6-12H2,1-5H3,(H,18,19);1H. The van der Waals surface area contributed by atoms with Gasteiger partial charge in [-0.1, -0.05) is 20.8 Å². The lowest BCUT2D eigenvalue weighted by Crippen LogP contribution is -2.40. The smallest absolute Gasteiger partial charge is 0.310 e. The minimum absolute atomic E-state index is 0. The van der Waals surface area contributed by atoms with Gasteiger partial charge in [0.15, 0.2) is 5.96 Å². The van der Waals surface area contributed by atoms with Crippen LogP contribution in [0.15, 0.2) is 4.99 Å². The van der Waals surface area contributed by atoms with Gasteiger partial charge in [-0.25, -0.2) is 0 Å². The fourth-order valence-corrected chi connectivity index (χ4v) is 2.66. The molecule has 24 heavy (non-hydrogen) atoms. The molecular weight excluding hydrogens is 421 g/mol. The lowest BCUT2D eigenvalue weighted by molar-refractivity contribution is -0.145. The van der Waals surface area contributed by atoms with Crippen molar-refractivity contribution in [3.05, 3.63) is 0 Å². The van der Waals surface area contributed by atoms with Crippen molar-refractivity contribution in [3.63, 3.8) is 0 Å². The van der Waals surface area contributed by atoms with Gasteiger partial charge in [0.25, 0.3) is 0 Å². The number of methoxy groups -OCH3 is 1. The first-order chi connectivity index (χ1) is 11.0. The number of guanidine groups is 1. The number of nitrogens with zero attached hydrogens (tertiary/aromatic N) is 2. The van der Waals surface area contributed by atoms with Gasteiger partial charge >= 0.3 is 5.97 Å². The fraction of sp³-hybridized carbons (Fsp3) is 0.882. The summed E-state index contributed by atoms with van der Waals surface area (Å²) in [5.74, 6) is 1.59. The van der Waals surface area contributed by atoms with Crippen molar-refractivity contribution in [1.29, 1.82) is 0 Å². The molecule has 1 saturated heterocycles. The summed E-state index contributed by atoms with van der Waals surface area (Å²) in [7, 11) is 1.45. The van der Waals surface area contributed by atoms with Crippen LogP contribution < -0.4 is 5.32 Å². The van der Waals surface area contributed by atoms with Crippen molar-refractivity contribution in [2.45, 2.75) is 34.1 Å². The molecule has 0 saturated carbocycles. The van der Waals surface area contributed by atoms with Gasteiger partial charge in [-0.15, -0.1) is 24.0 Å². The second kappa shape index (κ2) is 12.7. The van der Waals surface area contributed by atoms with Gasteiger partial charge in [0.1, 0.15) is 0 Å². The average Bonchev–Trinajstić information content (AvgIpc) is 2.90. The van der Waals surface area contributed by atoms with E-state index in [1.54, 1.807) is 0 Å². The fourth-order valence-electron chi connectivity index (χ4n) is 2.66. The Labute approximate surface area is 163 Å². The zero-order valence-electron chi connectivity index (χ0n) is 15.7. The first kappa shape index (κ1) is 23.4. The summed E-state index contributed by atoms with van der Waals surface area (Å²) in [6, 6.07) is 0. The van der Waals surface area contributed by atoms with Crippen LogP contribution in [0.3, 0.4) is 0 Å². The molecular formula is C17H34IN3O3. The van der Waals surface area contributed by atoms with Crippen molar-refractivity contribution in [2.75, 3.05) is 46.5 Å². The van der Waals surface area contributed by atoms with Crippen molar-refractivity contribution in [3.8, 4) is 0 Å². The van der Waals surface area contributed by atoms with E-state index in [1.807, 2.05) is 6.92 Å². The number of hydrogen-bond donors (Lipinski definition) is 1. The van der Waals surface area contributed by atoms with Crippen molar-refractivity contribution < 1.29 is 14.3 Å². The number of esters is 1. The van der Waals surface area contributed by atoms with Crippen molar-refractivity contribution in [1.82, 2.24) is 10.2 Å². The zero-order chi connectivity index (χ0) is 17.2. The third kappa shape index (κ3) is 8.00. The Morgan fingerprint density at radius 2 is 2.04 bits per heavy atom. The predicted molar refractivity (Wildman–Crippen MR) is 108 cm³/mol. The van der Waals surface area contributed by atoms with E-state index in [1.165, 1.54) is 7.11 Å². The van der Waals surface area contributed by atoms with Crippen molar-refractivity contribution >= 4 is 35.9 Å². The topological polar surface area (TPSA) is 63.2 Å². The highest BCUT2D eigenvalue weighted by Gasteiger charge is 2.36. The van der Waals surface area contributed by atoms with Crippen LogP contribution in [-0.4, -0.2) is 63.3 Å². The Morgan fingerprint density at radius 1 is 1.33 bits per heavy atom. The third-order valence-electron chi connectivity index (χ3n) is 4.09. The quantitative estimate of drug-likeness (QED) is 0.200. The minimum Gasteiger partial charge on any atom is -0.469 e. The number of carbonyl (C=O) groups is 1. The van der Waals surface area contributed by atoms with Crippen LogP contribution in [0.1, 0.15) is 34.1 Å². The van der Waals surface area contributed by atoms with Crippen LogP contribution >= 0.6 is 24.0 Å². The number of carbonyl (C=O) groups excluding carboxylic acids is 1. The Bertz CT molecular complexity index is 391. The first-order valence-electron chi connectivity index (χ1n) is 8.68. The van der Waals surface area contributed by atoms with E-state index < -0.39 is 0 Å². The average molecular weight is 455 g/mol. The second-order valence-corrected chi connectivity index (χ2v) is 6.54. The zero-order valence-corrected chi connectivity index (χ0v) is 18.0. The maximum absolute atomic E-state index is 11.8. The van der Waals surface area contributed by atoms with Crippen molar-refractivity contribution in [2.24, 2.45) is 22.7 Å². The number of ether oxygens (including phenoxy) is 2. The molecule has 1 fully saturated rings. The summed E-state index contributed by atoms with van der Waals surface area (Å²) < 4.78 is 10.5. The molecule has 1 N–H and O–H groups in total. The van der Waals surface area contributed by atoms with E-state index in [9.17, 15) is 4.79 Å². The SMILES string of the molecule is CCNC(=NCCOCCC(C)C)N1CC(C)C(C(=O)OC)C1.I. The molecule has 2 unspecified atom stereocenters. The minimum atomic E-state index is -0.132. The first-order valence-corrected chi connectivity index (χ1v) is 8.68. The Morgan fingerprint density at radius 3 is 2.62 bits per heavy atom. The summed E-state index contributed by atoms with van der Waals surface area (Å²) in [6.45, 7) is 12.9. The number of halogens is 1. The molecule has 2 atom stereocenters. The molecule has 0 aromatic carbocycles. The lowest BCUT2D eigenvalue weighted by Gasteiger charge is -2.21. The number of aliphatic imine (C=N–C) groups is 1. The van der Waals surface area contributed by atoms with Gasteiger partial charge in [-0.2, -0.15) is 0 Å². The molecule has 142 valence electrons. The molecule has 0 aliphatic carbocycles. The normalized spacial score (nSPS) is 20.9. The summed E-state index contributed by atoms with van der Waals surface area (Å²) in [5.41, 5.74) is 0. The molecule has 1 aliphatic heterocycles. The summed E-state index contributed by atoms with van der Waals surface area (Å²) in [5, 5.41) is 3.30. The largest absolute Gasteiger partial charge is 0.469 e. The highest BCUT2D eigenvalue weighted by molar-refractivity contribution is 14.0. The van der Waals surface area contributed by atoms with E-state index in [4.69, 9.17) is 9.47 Å². The van der Waals surface area contributed by atoms with E-state index in [0.717, 1.165) is 32.1 Å². The van der Waals surface area contributed by atoms with Crippen LogP contribution in [-0.2, 0) is 14.3 Å². The van der Waals surface area contributed by atoms with Gasteiger partial charge in [0, 0.05) is 26.2 Å². The molecule has 1 rings (SSSR count). The van der Waals surface area contributed by atoms with Gasteiger partial charge in [0.2, 0.25) is 0 Å². The van der Waals surface area contributed by atoms with Gasteiger partial charge in [-0.3, -0.25) is 9.79 Å². The molecule has 0 aromatic heterocycles. The number of hydrogen-bond acceptors (Lipinski definition) is 4. The molecule has 0 spiro atoms. The highest BCUT2D eigenvalue weighted by Crippen LogP contribution is 2.24. The molecule has 7 heteroatoms.